The number of benzene rings is 1. The average molecular weight is 521 g/mol. The fourth-order valence-electron chi connectivity index (χ4n) is 7.50. The van der Waals surface area contributed by atoms with Crippen LogP contribution in [-0.2, 0) is 4.74 Å². The standard InChI is InChI=1S/C32H50F2O3/c1-3-7-22-12-16-25(17-13-22)28-20-18-26(32(35)37-28)9-6-5-8-23-10-14-24(15-11-23)27-19-21-29(36-4-2)31(34)30(27)33/h19,21-26,28,32,35H,3-18,20H2,1-2H3. The first-order valence-electron chi connectivity index (χ1n) is 15.4. The van der Waals surface area contributed by atoms with Crippen LogP contribution in [0, 0.1) is 35.3 Å². The third kappa shape index (κ3) is 7.68. The van der Waals surface area contributed by atoms with Gasteiger partial charge in [0.1, 0.15) is 0 Å². The van der Waals surface area contributed by atoms with Gasteiger partial charge < -0.3 is 14.6 Å². The summed E-state index contributed by atoms with van der Waals surface area (Å²) in [7, 11) is 0. The third-order valence-corrected chi connectivity index (χ3v) is 9.75. The van der Waals surface area contributed by atoms with E-state index < -0.39 is 17.9 Å². The monoisotopic (exact) mass is 520 g/mol. The Balaban J connectivity index is 1.11. The maximum atomic E-state index is 14.6. The summed E-state index contributed by atoms with van der Waals surface area (Å²) >= 11 is 0. The highest BCUT2D eigenvalue weighted by molar-refractivity contribution is 5.33. The summed E-state index contributed by atoms with van der Waals surface area (Å²) in [5.41, 5.74) is 0.512. The van der Waals surface area contributed by atoms with E-state index in [1.165, 1.54) is 51.4 Å². The van der Waals surface area contributed by atoms with Crippen molar-refractivity contribution in [1.29, 1.82) is 0 Å². The van der Waals surface area contributed by atoms with Gasteiger partial charge in [-0.25, -0.2) is 4.39 Å². The van der Waals surface area contributed by atoms with Gasteiger partial charge >= 0.3 is 0 Å². The molecule has 3 unspecified atom stereocenters. The molecule has 3 nitrogen and oxygen atoms in total. The van der Waals surface area contributed by atoms with Gasteiger partial charge in [-0.15, -0.1) is 0 Å². The molecule has 1 N–H and O–H groups in total. The van der Waals surface area contributed by atoms with E-state index in [4.69, 9.17) is 9.47 Å². The second-order valence-corrected chi connectivity index (χ2v) is 12.2. The second kappa shape index (κ2) is 14.3. The minimum Gasteiger partial charge on any atom is -0.491 e. The summed E-state index contributed by atoms with van der Waals surface area (Å²) < 4.78 is 40.3. The van der Waals surface area contributed by atoms with E-state index >= 15 is 0 Å². The molecular weight excluding hydrogens is 470 g/mol. The Morgan fingerprint density at radius 3 is 2.16 bits per heavy atom. The maximum absolute atomic E-state index is 14.6. The first-order valence-corrected chi connectivity index (χ1v) is 15.4. The van der Waals surface area contributed by atoms with Crippen LogP contribution in [0.25, 0.3) is 0 Å². The minimum atomic E-state index is -0.846. The number of hydrogen-bond donors (Lipinski definition) is 1. The van der Waals surface area contributed by atoms with Crippen molar-refractivity contribution in [2.75, 3.05) is 6.61 Å². The topological polar surface area (TPSA) is 38.7 Å². The van der Waals surface area contributed by atoms with Crippen LogP contribution in [0.3, 0.4) is 0 Å². The first-order chi connectivity index (χ1) is 18.0. The summed E-state index contributed by atoms with van der Waals surface area (Å²) in [5.74, 6) is 1.05. The normalized spacial score (nSPS) is 32.8. The van der Waals surface area contributed by atoms with Gasteiger partial charge in [0, 0.05) is 5.92 Å². The first kappa shape index (κ1) is 28.8. The molecule has 0 radical (unpaired) electrons. The molecule has 0 amide bonds. The van der Waals surface area contributed by atoms with Crippen molar-refractivity contribution in [1.82, 2.24) is 0 Å². The van der Waals surface area contributed by atoms with Crippen molar-refractivity contribution in [2.45, 2.75) is 135 Å². The van der Waals surface area contributed by atoms with Crippen molar-refractivity contribution in [3.63, 3.8) is 0 Å². The molecule has 37 heavy (non-hydrogen) atoms. The van der Waals surface area contributed by atoms with E-state index in [9.17, 15) is 13.9 Å². The quantitative estimate of drug-likeness (QED) is 0.296. The lowest BCUT2D eigenvalue weighted by atomic mass is 9.75. The highest BCUT2D eigenvalue weighted by Gasteiger charge is 2.35. The molecule has 1 aromatic carbocycles. The smallest absolute Gasteiger partial charge is 0.200 e. The Bertz CT molecular complexity index is 814. The summed E-state index contributed by atoms with van der Waals surface area (Å²) in [6.07, 6.45) is 18.3. The fourth-order valence-corrected chi connectivity index (χ4v) is 7.50. The van der Waals surface area contributed by atoms with Crippen molar-refractivity contribution in [3.05, 3.63) is 29.3 Å². The number of aliphatic hydroxyl groups excluding tert-OH is 1. The molecule has 1 aromatic rings. The molecule has 210 valence electrons. The number of halogens is 2. The highest BCUT2D eigenvalue weighted by atomic mass is 19.2. The molecule has 0 aromatic heterocycles. The van der Waals surface area contributed by atoms with Crippen molar-refractivity contribution < 1.29 is 23.4 Å². The Hall–Kier alpha value is -1.20. The van der Waals surface area contributed by atoms with Crippen LogP contribution < -0.4 is 4.74 Å². The van der Waals surface area contributed by atoms with Crippen LogP contribution in [0.2, 0.25) is 0 Å². The lowest BCUT2D eigenvalue weighted by molar-refractivity contribution is -0.210. The molecule has 4 rings (SSSR count). The van der Waals surface area contributed by atoms with Gasteiger partial charge in [0.2, 0.25) is 5.82 Å². The van der Waals surface area contributed by atoms with Gasteiger partial charge in [-0.2, -0.15) is 4.39 Å². The van der Waals surface area contributed by atoms with Crippen molar-refractivity contribution in [3.8, 4) is 5.75 Å². The number of hydrogen-bond acceptors (Lipinski definition) is 3. The summed E-state index contributed by atoms with van der Waals surface area (Å²) in [6, 6.07) is 3.29. The predicted octanol–water partition coefficient (Wildman–Crippen LogP) is 8.92. The van der Waals surface area contributed by atoms with Crippen LogP contribution >= 0.6 is 0 Å². The molecule has 5 heteroatoms. The maximum Gasteiger partial charge on any atom is 0.200 e. The van der Waals surface area contributed by atoms with Gasteiger partial charge in [-0.1, -0.05) is 57.9 Å². The molecule has 2 aliphatic carbocycles. The second-order valence-electron chi connectivity index (χ2n) is 12.2. The van der Waals surface area contributed by atoms with Crippen LogP contribution in [0.5, 0.6) is 5.75 Å². The van der Waals surface area contributed by atoms with E-state index in [-0.39, 0.29) is 23.7 Å². The van der Waals surface area contributed by atoms with Gasteiger partial charge in [0.25, 0.3) is 0 Å². The van der Waals surface area contributed by atoms with E-state index in [1.807, 2.05) is 0 Å². The SMILES string of the molecule is CCCC1CCC(C2CCC(CCCCC3CCC(c4ccc(OCC)c(F)c4F)CC3)C(O)O2)CC1. The van der Waals surface area contributed by atoms with E-state index in [0.29, 0.717) is 24.0 Å². The number of unbranched alkanes of at least 4 members (excludes halogenated alkanes) is 1. The molecule has 3 atom stereocenters. The van der Waals surface area contributed by atoms with Gasteiger partial charge in [0.15, 0.2) is 17.9 Å². The van der Waals surface area contributed by atoms with Crippen LogP contribution in [0.1, 0.15) is 128 Å². The Morgan fingerprint density at radius 2 is 1.49 bits per heavy atom. The fraction of sp³-hybridized carbons (Fsp3) is 0.812. The molecule has 1 saturated heterocycles. The zero-order valence-corrected chi connectivity index (χ0v) is 23.2. The molecule has 0 bridgehead atoms. The Labute approximate surface area is 223 Å². The van der Waals surface area contributed by atoms with E-state index in [2.05, 4.69) is 6.92 Å². The van der Waals surface area contributed by atoms with E-state index in [0.717, 1.165) is 57.3 Å². The highest BCUT2D eigenvalue weighted by Crippen LogP contribution is 2.41. The zero-order chi connectivity index (χ0) is 26.2. The van der Waals surface area contributed by atoms with Gasteiger partial charge in [0.05, 0.1) is 12.7 Å². The van der Waals surface area contributed by atoms with Crippen LogP contribution in [0.4, 0.5) is 8.78 Å². The average Bonchev–Trinajstić information content (AvgIpc) is 2.91. The van der Waals surface area contributed by atoms with Crippen molar-refractivity contribution in [2.24, 2.45) is 23.7 Å². The molecule has 3 fully saturated rings. The number of aliphatic hydroxyl groups is 1. The minimum absolute atomic E-state index is 0.0102. The molecule has 2 saturated carbocycles. The molecule has 1 heterocycles. The molecular formula is C32H50F2O3. The molecule has 1 aliphatic heterocycles. The molecule has 0 spiro atoms. The van der Waals surface area contributed by atoms with Gasteiger partial charge in [-0.3, -0.25) is 0 Å². The number of ether oxygens (including phenoxy) is 2. The lowest BCUT2D eigenvalue weighted by Gasteiger charge is -2.40. The van der Waals surface area contributed by atoms with E-state index in [1.54, 1.807) is 19.1 Å². The number of rotatable bonds is 11. The van der Waals surface area contributed by atoms with Crippen LogP contribution in [-0.4, -0.2) is 24.1 Å². The largest absolute Gasteiger partial charge is 0.491 e. The van der Waals surface area contributed by atoms with Crippen molar-refractivity contribution >= 4 is 0 Å². The molecule has 3 aliphatic rings. The lowest BCUT2D eigenvalue weighted by Crippen LogP contribution is -2.40. The Morgan fingerprint density at radius 1 is 0.811 bits per heavy atom. The predicted molar refractivity (Wildman–Crippen MR) is 145 cm³/mol. The summed E-state index contributed by atoms with van der Waals surface area (Å²) in [6.45, 7) is 4.38. The summed E-state index contributed by atoms with van der Waals surface area (Å²) in [4.78, 5) is 0. The Kier molecular flexibility index (Phi) is 11.1. The van der Waals surface area contributed by atoms with Crippen LogP contribution in [0.15, 0.2) is 12.1 Å². The summed E-state index contributed by atoms with van der Waals surface area (Å²) in [5, 5.41) is 10.7. The van der Waals surface area contributed by atoms with Gasteiger partial charge in [-0.05, 0) is 100 Å². The zero-order valence-electron chi connectivity index (χ0n) is 23.2. The third-order valence-electron chi connectivity index (χ3n) is 9.75.